The SMILES string of the molecule is Cn1c(CCCNC(=O)c2ccc(NC(=O)c3ccco3)s2)nc2ccccc21. The molecule has 4 aromatic rings. The number of nitrogens with zero attached hydrogens (tertiary/aromatic N) is 2. The Kier molecular flexibility index (Phi) is 5.44. The lowest BCUT2D eigenvalue weighted by molar-refractivity contribution is 0.0955. The number of hydrogen-bond acceptors (Lipinski definition) is 5. The van der Waals surface area contributed by atoms with Gasteiger partial charge in [-0.25, -0.2) is 4.98 Å². The van der Waals surface area contributed by atoms with Gasteiger partial charge in [0.05, 0.1) is 27.2 Å². The van der Waals surface area contributed by atoms with Crippen molar-refractivity contribution in [2.24, 2.45) is 7.05 Å². The molecule has 0 atom stereocenters. The zero-order chi connectivity index (χ0) is 20.2. The summed E-state index contributed by atoms with van der Waals surface area (Å²) in [5.41, 5.74) is 2.09. The van der Waals surface area contributed by atoms with Crippen LogP contribution >= 0.6 is 11.3 Å². The van der Waals surface area contributed by atoms with Gasteiger partial charge in [0, 0.05) is 20.0 Å². The fourth-order valence-electron chi connectivity index (χ4n) is 3.06. The van der Waals surface area contributed by atoms with E-state index in [1.807, 2.05) is 31.3 Å². The first-order chi connectivity index (χ1) is 14.1. The number of anilines is 1. The largest absolute Gasteiger partial charge is 0.459 e. The third-order valence-corrected chi connectivity index (χ3v) is 5.55. The van der Waals surface area contributed by atoms with E-state index in [4.69, 9.17) is 4.42 Å². The number of benzene rings is 1. The summed E-state index contributed by atoms with van der Waals surface area (Å²) in [6.45, 7) is 0.550. The quantitative estimate of drug-likeness (QED) is 0.455. The Morgan fingerprint density at radius 3 is 2.76 bits per heavy atom. The van der Waals surface area contributed by atoms with E-state index in [1.54, 1.807) is 24.3 Å². The Morgan fingerprint density at radius 1 is 1.10 bits per heavy atom. The monoisotopic (exact) mass is 408 g/mol. The molecule has 29 heavy (non-hydrogen) atoms. The van der Waals surface area contributed by atoms with E-state index in [0.717, 1.165) is 29.7 Å². The third-order valence-electron chi connectivity index (χ3n) is 4.55. The van der Waals surface area contributed by atoms with E-state index in [2.05, 4.69) is 20.2 Å². The molecule has 0 radical (unpaired) electrons. The Morgan fingerprint density at radius 2 is 1.97 bits per heavy atom. The van der Waals surface area contributed by atoms with Crippen LogP contribution in [0.5, 0.6) is 0 Å². The molecular formula is C21H20N4O3S. The number of hydrogen-bond donors (Lipinski definition) is 2. The summed E-state index contributed by atoms with van der Waals surface area (Å²) in [6.07, 6.45) is 3.01. The molecule has 2 N–H and O–H groups in total. The Bertz CT molecular complexity index is 1140. The number of fused-ring (bicyclic) bond motifs is 1. The standard InChI is InChI=1S/C21H20N4O3S/c1-25-15-7-3-2-6-14(15)23-18(25)9-4-12-22-21(27)17-10-11-19(29-17)24-20(26)16-8-5-13-28-16/h2-3,5-8,10-11,13H,4,9,12H2,1H3,(H,22,27)(H,24,26). The molecule has 2 amide bonds. The highest BCUT2D eigenvalue weighted by molar-refractivity contribution is 7.18. The van der Waals surface area contributed by atoms with Crippen molar-refractivity contribution in [2.45, 2.75) is 12.8 Å². The maximum Gasteiger partial charge on any atom is 0.291 e. The van der Waals surface area contributed by atoms with Crippen molar-refractivity contribution >= 4 is 39.2 Å². The number of amides is 2. The van der Waals surface area contributed by atoms with Crippen LogP contribution in [-0.2, 0) is 13.5 Å². The van der Waals surface area contributed by atoms with E-state index in [0.29, 0.717) is 16.4 Å². The fourth-order valence-corrected chi connectivity index (χ4v) is 3.88. The van der Waals surface area contributed by atoms with Crippen molar-refractivity contribution in [1.82, 2.24) is 14.9 Å². The number of imidazole rings is 1. The predicted molar refractivity (Wildman–Crippen MR) is 112 cm³/mol. The van der Waals surface area contributed by atoms with Gasteiger partial charge in [-0.05, 0) is 42.8 Å². The van der Waals surface area contributed by atoms with Crippen LogP contribution in [0.2, 0.25) is 0 Å². The van der Waals surface area contributed by atoms with Crippen molar-refractivity contribution < 1.29 is 14.0 Å². The minimum absolute atomic E-state index is 0.154. The lowest BCUT2D eigenvalue weighted by atomic mass is 10.3. The van der Waals surface area contributed by atoms with E-state index in [9.17, 15) is 9.59 Å². The zero-order valence-electron chi connectivity index (χ0n) is 15.8. The molecule has 0 saturated heterocycles. The average Bonchev–Trinajstić information content (AvgIpc) is 3.46. The van der Waals surface area contributed by atoms with Crippen LogP contribution in [0.25, 0.3) is 11.0 Å². The predicted octanol–water partition coefficient (Wildman–Crippen LogP) is 3.84. The first kappa shape index (κ1) is 18.9. The van der Waals surface area contributed by atoms with Gasteiger partial charge in [-0.3, -0.25) is 9.59 Å². The van der Waals surface area contributed by atoms with Crippen LogP contribution in [0.3, 0.4) is 0 Å². The van der Waals surface area contributed by atoms with Crippen molar-refractivity contribution in [2.75, 3.05) is 11.9 Å². The second kappa shape index (κ2) is 8.32. The van der Waals surface area contributed by atoms with Gasteiger partial charge < -0.3 is 19.6 Å². The molecule has 148 valence electrons. The van der Waals surface area contributed by atoms with Crippen LogP contribution < -0.4 is 10.6 Å². The molecular weight excluding hydrogens is 388 g/mol. The summed E-state index contributed by atoms with van der Waals surface area (Å²) in [5, 5.41) is 6.24. The van der Waals surface area contributed by atoms with E-state index < -0.39 is 0 Å². The Hall–Kier alpha value is -3.39. The number of thiophene rings is 1. The number of rotatable bonds is 7. The second-order valence-electron chi connectivity index (χ2n) is 6.53. The van der Waals surface area contributed by atoms with Crippen LogP contribution in [0.4, 0.5) is 5.00 Å². The molecule has 0 unspecified atom stereocenters. The summed E-state index contributed by atoms with van der Waals surface area (Å²) in [6, 6.07) is 14.7. The highest BCUT2D eigenvalue weighted by Crippen LogP contribution is 2.22. The maximum atomic E-state index is 12.3. The molecule has 0 spiro atoms. The lowest BCUT2D eigenvalue weighted by Crippen LogP contribution is -2.24. The molecule has 3 heterocycles. The van der Waals surface area contributed by atoms with Gasteiger partial charge >= 0.3 is 0 Å². The number of para-hydroxylation sites is 2. The Labute approximate surface area is 171 Å². The number of nitrogens with one attached hydrogen (secondary N) is 2. The summed E-state index contributed by atoms with van der Waals surface area (Å²) >= 11 is 1.22. The normalized spacial score (nSPS) is 10.9. The number of carbonyl (C=O) groups is 2. The summed E-state index contributed by atoms with van der Waals surface area (Å²) in [4.78, 5) is 29.5. The summed E-state index contributed by atoms with van der Waals surface area (Å²) in [7, 11) is 2.01. The Balaban J connectivity index is 1.27. The third kappa shape index (κ3) is 4.22. The molecule has 1 aromatic carbocycles. The van der Waals surface area contributed by atoms with Crippen LogP contribution in [-0.4, -0.2) is 27.9 Å². The van der Waals surface area contributed by atoms with Crippen molar-refractivity contribution in [3.8, 4) is 0 Å². The van der Waals surface area contributed by atoms with Crippen molar-refractivity contribution in [1.29, 1.82) is 0 Å². The molecule has 0 saturated carbocycles. The maximum absolute atomic E-state index is 12.3. The number of carbonyl (C=O) groups excluding carboxylic acids is 2. The molecule has 4 rings (SSSR count). The molecule has 0 aliphatic carbocycles. The molecule has 0 aliphatic heterocycles. The second-order valence-corrected chi connectivity index (χ2v) is 7.61. The van der Waals surface area contributed by atoms with Gasteiger partial charge in [-0.15, -0.1) is 11.3 Å². The van der Waals surface area contributed by atoms with E-state index in [-0.39, 0.29) is 17.6 Å². The first-order valence-electron chi connectivity index (χ1n) is 9.25. The molecule has 3 aromatic heterocycles. The molecule has 0 aliphatic rings. The number of furan rings is 1. The first-order valence-corrected chi connectivity index (χ1v) is 10.1. The van der Waals surface area contributed by atoms with Gasteiger partial charge in [0.1, 0.15) is 5.82 Å². The highest BCUT2D eigenvalue weighted by Gasteiger charge is 2.13. The van der Waals surface area contributed by atoms with Crippen LogP contribution in [0.15, 0.2) is 59.2 Å². The van der Waals surface area contributed by atoms with Gasteiger partial charge in [-0.1, -0.05) is 12.1 Å². The smallest absolute Gasteiger partial charge is 0.291 e. The minimum Gasteiger partial charge on any atom is -0.459 e. The fraction of sp³-hybridized carbons (Fsp3) is 0.190. The molecule has 0 bridgehead atoms. The van der Waals surface area contributed by atoms with Crippen LogP contribution in [0.1, 0.15) is 32.5 Å². The molecule has 8 heteroatoms. The average molecular weight is 408 g/mol. The summed E-state index contributed by atoms with van der Waals surface area (Å²) in [5.74, 6) is 0.732. The van der Waals surface area contributed by atoms with Crippen molar-refractivity contribution in [3.63, 3.8) is 0 Å². The van der Waals surface area contributed by atoms with Gasteiger partial charge in [0.2, 0.25) is 0 Å². The topological polar surface area (TPSA) is 89.2 Å². The van der Waals surface area contributed by atoms with Gasteiger partial charge in [-0.2, -0.15) is 0 Å². The molecule has 0 fully saturated rings. The highest BCUT2D eigenvalue weighted by atomic mass is 32.1. The lowest BCUT2D eigenvalue weighted by Gasteiger charge is -2.04. The minimum atomic E-state index is -0.341. The van der Waals surface area contributed by atoms with Gasteiger partial charge in [0.25, 0.3) is 11.8 Å². The van der Waals surface area contributed by atoms with Crippen LogP contribution in [0, 0.1) is 0 Å². The molecule has 7 nitrogen and oxygen atoms in total. The zero-order valence-corrected chi connectivity index (χ0v) is 16.7. The van der Waals surface area contributed by atoms with E-state index in [1.165, 1.54) is 17.6 Å². The summed E-state index contributed by atoms with van der Waals surface area (Å²) < 4.78 is 7.15. The van der Waals surface area contributed by atoms with Crippen molar-refractivity contribution in [3.05, 3.63) is 71.3 Å². The van der Waals surface area contributed by atoms with Gasteiger partial charge in [0.15, 0.2) is 5.76 Å². The number of aryl methyl sites for hydroxylation is 2. The van der Waals surface area contributed by atoms with E-state index >= 15 is 0 Å². The number of aromatic nitrogens is 2.